The number of carbonyl (C=O) groups is 1. The van der Waals surface area contributed by atoms with E-state index < -0.39 is 0 Å². The van der Waals surface area contributed by atoms with Gasteiger partial charge in [-0.05, 0) is 70.4 Å². The first-order valence-corrected chi connectivity index (χ1v) is 13.4. The molecule has 6 nitrogen and oxygen atoms in total. The summed E-state index contributed by atoms with van der Waals surface area (Å²) in [7, 11) is 0. The third kappa shape index (κ3) is 3.82. The van der Waals surface area contributed by atoms with E-state index in [2.05, 4.69) is 90.2 Å². The third-order valence-corrected chi connectivity index (χ3v) is 8.24. The van der Waals surface area contributed by atoms with Gasteiger partial charge in [0.05, 0.1) is 22.7 Å². The number of imidazole rings is 1. The number of H-pyrrole nitrogens is 1. The number of rotatable bonds is 5. The predicted molar refractivity (Wildman–Crippen MR) is 145 cm³/mol. The number of amides is 1. The minimum Gasteiger partial charge on any atom is -0.342 e. The van der Waals surface area contributed by atoms with Crippen molar-refractivity contribution in [2.24, 2.45) is 11.8 Å². The average molecular weight is 540 g/mol. The van der Waals surface area contributed by atoms with Crippen LogP contribution in [-0.4, -0.2) is 43.6 Å². The fourth-order valence-electron chi connectivity index (χ4n) is 5.50. The maximum atomic E-state index is 12.6. The molecule has 0 radical (unpaired) electrons. The van der Waals surface area contributed by atoms with E-state index in [9.17, 15) is 4.79 Å². The molecule has 5 aromatic rings. The van der Waals surface area contributed by atoms with Gasteiger partial charge in [-0.2, -0.15) is 5.10 Å². The van der Waals surface area contributed by atoms with Gasteiger partial charge in [-0.3, -0.25) is 9.89 Å². The molecule has 1 aliphatic heterocycles. The maximum Gasteiger partial charge on any atom is 0.225 e. The van der Waals surface area contributed by atoms with Gasteiger partial charge in [-0.25, -0.2) is 4.98 Å². The quantitative estimate of drug-likeness (QED) is 0.286. The van der Waals surface area contributed by atoms with Crippen molar-refractivity contribution in [3.05, 3.63) is 71.3 Å². The average Bonchev–Trinajstić information content (AvgIpc) is 3.29. The molecule has 1 aliphatic carbocycles. The fraction of sp³-hybridized carbons (Fsp3) is 0.276. The van der Waals surface area contributed by atoms with E-state index in [4.69, 9.17) is 4.98 Å². The molecule has 2 aromatic heterocycles. The standard InChI is InChI=1S/C29H26BrN5O/c30-24-2-1-3-25-27(24)35(17-18-12-13-34(16-18)29(36)21-8-9-21)28(32-25)20-6-4-19(5-7-20)22-10-11-23-15-31-33-26(23)14-22/h1-7,10-11,14-15,18,21H,8-9,12-13,16-17H2,(H,31,33)/t18-/m1/s1. The van der Waals surface area contributed by atoms with Gasteiger partial charge in [-0.15, -0.1) is 0 Å². The smallest absolute Gasteiger partial charge is 0.225 e. The fourth-order valence-corrected chi connectivity index (χ4v) is 6.07. The highest BCUT2D eigenvalue weighted by molar-refractivity contribution is 9.10. The highest BCUT2D eigenvalue weighted by atomic mass is 79.9. The second-order valence-electron chi connectivity index (χ2n) is 10.1. The van der Waals surface area contributed by atoms with Crippen LogP contribution in [0.25, 0.3) is 44.5 Å². The van der Waals surface area contributed by atoms with Gasteiger partial charge in [0.25, 0.3) is 0 Å². The summed E-state index contributed by atoms with van der Waals surface area (Å²) in [5, 5.41) is 8.30. The zero-order chi connectivity index (χ0) is 24.2. The third-order valence-electron chi connectivity index (χ3n) is 7.60. The van der Waals surface area contributed by atoms with Crippen molar-refractivity contribution in [1.82, 2.24) is 24.6 Å². The number of halogens is 1. The Morgan fingerprint density at radius 3 is 2.64 bits per heavy atom. The molecular formula is C29H26BrN5O. The van der Waals surface area contributed by atoms with E-state index in [1.54, 1.807) is 0 Å². The molecule has 1 N–H and O–H groups in total. The predicted octanol–water partition coefficient (Wildman–Crippen LogP) is 6.27. The van der Waals surface area contributed by atoms with Crippen molar-refractivity contribution in [3.63, 3.8) is 0 Å². The number of fused-ring (bicyclic) bond motifs is 2. The molecule has 1 amide bonds. The molecule has 1 atom stereocenters. The number of likely N-dealkylation sites (tertiary alicyclic amines) is 1. The molecule has 2 aliphatic rings. The van der Waals surface area contributed by atoms with E-state index in [-0.39, 0.29) is 5.92 Å². The van der Waals surface area contributed by atoms with E-state index >= 15 is 0 Å². The molecule has 1 saturated carbocycles. The number of hydrogen-bond donors (Lipinski definition) is 1. The minimum absolute atomic E-state index is 0.287. The van der Waals surface area contributed by atoms with Crippen LogP contribution in [-0.2, 0) is 11.3 Å². The molecule has 7 heteroatoms. The Bertz CT molecular complexity index is 1600. The second kappa shape index (κ2) is 8.59. The summed E-state index contributed by atoms with van der Waals surface area (Å²) in [6.45, 7) is 2.56. The van der Waals surface area contributed by atoms with Crippen LogP contribution in [0.1, 0.15) is 19.3 Å². The lowest BCUT2D eigenvalue weighted by Crippen LogP contribution is -2.30. The van der Waals surface area contributed by atoms with Crippen molar-refractivity contribution >= 4 is 43.8 Å². The molecule has 3 aromatic carbocycles. The topological polar surface area (TPSA) is 66.8 Å². The van der Waals surface area contributed by atoms with E-state index in [1.807, 2.05) is 12.3 Å². The maximum absolute atomic E-state index is 12.6. The zero-order valence-electron chi connectivity index (χ0n) is 19.8. The summed E-state index contributed by atoms with van der Waals surface area (Å²) in [4.78, 5) is 19.7. The van der Waals surface area contributed by atoms with Crippen molar-refractivity contribution in [2.45, 2.75) is 25.8 Å². The summed E-state index contributed by atoms with van der Waals surface area (Å²) in [5.74, 6) is 2.05. The van der Waals surface area contributed by atoms with Crippen LogP contribution in [0.3, 0.4) is 0 Å². The molecule has 0 bridgehead atoms. The van der Waals surface area contributed by atoms with Gasteiger partial charge in [0.15, 0.2) is 0 Å². The lowest BCUT2D eigenvalue weighted by molar-refractivity contribution is -0.131. The number of benzene rings is 3. The molecule has 0 unspecified atom stereocenters. The number of hydrogen-bond acceptors (Lipinski definition) is 3. The molecule has 36 heavy (non-hydrogen) atoms. The second-order valence-corrected chi connectivity index (χ2v) is 11.0. The van der Waals surface area contributed by atoms with Crippen LogP contribution >= 0.6 is 15.9 Å². The van der Waals surface area contributed by atoms with Crippen LogP contribution < -0.4 is 0 Å². The van der Waals surface area contributed by atoms with Crippen LogP contribution in [0.2, 0.25) is 0 Å². The largest absolute Gasteiger partial charge is 0.342 e. The minimum atomic E-state index is 0.287. The first-order valence-electron chi connectivity index (χ1n) is 12.6. The normalized spacial score (nSPS) is 17.9. The van der Waals surface area contributed by atoms with E-state index in [0.717, 1.165) is 87.8 Å². The number of aromatic nitrogens is 4. The van der Waals surface area contributed by atoms with Gasteiger partial charge in [0.1, 0.15) is 5.82 Å². The Morgan fingerprint density at radius 1 is 1.00 bits per heavy atom. The Hall–Kier alpha value is -3.45. The molecular weight excluding hydrogens is 514 g/mol. The van der Waals surface area contributed by atoms with Gasteiger partial charge in [0, 0.05) is 41.0 Å². The number of nitrogens with one attached hydrogen (secondary N) is 1. The van der Waals surface area contributed by atoms with Gasteiger partial charge < -0.3 is 9.47 Å². The van der Waals surface area contributed by atoms with Gasteiger partial charge in [-0.1, -0.05) is 42.5 Å². The van der Waals surface area contributed by atoms with Crippen molar-refractivity contribution < 1.29 is 4.79 Å². The molecule has 0 spiro atoms. The van der Waals surface area contributed by atoms with Crippen molar-refractivity contribution in [3.8, 4) is 22.5 Å². The summed E-state index contributed by atoms with van der Waals surface area (Å²) >= 11 is 3.77. The zero-order valence-corrected chi connectivity index (χ0v) is 21.4. The van der Waals surface area contributed by atoms with E-state index in [0.29, 0.717) is 11.8 Å². The first kappa shape index (κ1) is 21.8. The molecule has 3 heterocycles. The summed E-state index contributed by atoms with van der Waals surface area (Å²) in [6.07, 6.45) is 5.01. The number of aromatic amines is 1. The van der Waals surface area contributed by atoms with Gasteiger partial charge in [0.2, 0.25) is 5.91 Å². The Kier molecular flexibility index (Phi) is 5.20. The summed E-state index contributed by atoms with van der Waals surface area (Å²) in [6, 6.07) is 21.2. The molecule has 180 valence electrons. The van der Waals surface area contributed by atoms with Crippen LogP contribution in [0, 0.1) is 11.8 Å². The number of para-hydroxylation sites is 1. The summed E-state index contributed by atoms with van der Waals surface area (Å²) in [5.41, 5.74) is 6.54. The van der Waals surface area contributed by atoms with E-state index in [1.165, 1.54) is 0 Å². The van der Waals surface area contributed by atoms with Crippen LogP contribution in [0.15, 0.2) is 71.3 Å². The first-order chi connectivity index (χ1) is 17.6. The molecule has 7 rings (SSSR count). The Morgan fingerprint density at radius 2 is 1.81 bits per heavy atom. The van der Waals surface area contributed by atoms with Gasteiger partial charge >= 0.3 is 0 Å². The van der Waals surface area contributed by atoms with Crippen LogP contribution in [0.4, 0.5) is 0 Å². The number of carbonyl (C=O) groups excluding carboxylic acids is 1. The molecule has 2 fully saturated rings. The Labute approximate surface area is 217 Å². The summed E-state index contributed by atoms with van der Waals surface area (Å²) < 4.78 is 3.40. The lowest BCUT2D eigenvalue weighted by atomic mass is 10.0. The van der Waals surface area contributed by atoms with Crippen molar-refractivity contribution in [2.75, 3.05) is 13.1 Å². The molecule has 1 saturated heterocycles. The highest BCUT2D eigenvalue weighted by Gasteiger charge is 2.36. The van der Waals surface area contributed by atoms with Crippen molar-refractivity contribution in [1.29, 1.82) is 0 Å². The number of nitrogens with zero attached hydrogens (tertiary/aromatic N) is 4. The SMILES string of the molecule is O=C(C1CC1)N1CC[C@@H](Cn2c(-c3ccc(-c4ccc5cn[nH]c5c4)cc3)nc3cccc(Br)c32)C1. The monoisotopic (exact) mass is 539 g/mol. The Balaban J connectivity index is 1.22. The highest BCUT2D eigenvalue weighted by Crippen LogP contribution is 2.35. The lowest BCUT2D eigenvalue weighted by Gasteiger charge is -2.18. The van der Waals surface area contributed by atoms with Crippen LogP contribution in [0.5, 0.6) is 0 Å².